The van der Waals surface area contributed by atoms with Crippen LogP contribution in [0, 0.1) is 0 Å². The fourth-order valence-corrected chi connectivity index (χ4v) is 5.17. The number of pyridine rings is 1. The molecule has 2 N–H and O–H groups in total. The Bertz CT molecular complexity index is 1120. The lowest BCUT2D eigenvalue weighted by Crippen LogP contribution is -2.39. The molecule has 146 valence electrons. The molecule has 2 heterocycles. The first-order chi connectivity index (χ1) is 13.5. The summed E-state index contributed by atoms with van der Waals surface area (Å²) in [5, 5.41) is 10.1. The molecule has 4 rings (SSSR count). The Morgan fingerprint density at radius 3 is 2.75 bits per heavy atom. The maximum absolute atomic E-state index is 12.6. The van der Waals surface area contributed by atoms with Crippen LogP contribution in [0.3, 0.4) is 0 Å². The lowest BCUT2D eigenvalue weighted by Gasteiger charge is -2.24. The van der Waals surface area contributed by atoms with Gasteiger partial charge in [0.25, 0.3) is 10.0 Å². The van der Waals surface area contributed by atoms with E-state index in [0.717, 1.165) is 22.2 Å². The number of benzene rings is 1. The number of fused-ring (bicyclic) bond motifs is 3. The molecule has 0 bridgehead atoms. The first-order valence-electron chi connectivity index (χ1n) is 9.20. The van der Waals surface area contributed by atoms with Crippen molar-refractivity contribution in [3.05, 3.63) is 59.9 Å². The number of aliphatic carboxylic acids is 1. The molecule has 1 unspecified atom stereocenters. The van der Waals surface area contributed by atoms with Crippen molar-refractivity contribution in [3.63, 3.8) is 0 Å². The third-order valence-corrected chi connectivity index (χ3v) is 6.59. The van der Waals surface area contributed by atoms with Crippen molar-refractivity contribution in [2.45, 2.75) is 43.3 Å². The van der Waals surface area contributed by atoms with Crippen molar-refractivity contribution in [1.29, 1.82) is 0 Å². The van der Waals surface area contributed by atoms with E-state index in [1.54, 1.807) is 12.1 Å². The maximum Gasteiger partial charge on any atom is 0.305 e. The summed E-state index contributed by atoms with van der Waals surface area (Å²) in [6.45, 7) is 0.412. The second-order valence-electron chi connectivity index (χ2n) is 6.97. The van der Waals surface area contributed by atoms with Crippen LogP contribution in [0.4, 0.5) is 0 Å². The molecule has 1 aromatic carbocycles. The van der Waals surface area contributed by atoms with Gasteiger partial charge in [0.1, 0.15) is 0 Å². The number of nitrogens with zero attached hydrogens (tertiary/aromatic N) is 2. The summed E-state index contributed by atoms with van der Waals surface area (Å²) in [6, 6.07) is 12.5. The van der Waals surface area contributed by atoms with Crippen molar-refractivity contribution in [1.82, 2.24) is 14.3 Å². The van der Waals surface area contributed by atoms with Gasteiger partial charge in [-0.05, 0) is 43.0 Å². The van der Waals surface area contributed by atoms with Crippen LogP contribution in [0.1, 0.15) is 24.1 Å². The Morgan fingerprint density at radius 2 is 2.00 bits per heavy atom. The van der Waals surface area contributed by atoms with Gasteiger partial charge in [-0.15, -0.1) is 0 Å². The van der Waals surface area contributed by atoms with Gasteiger partial charge in [-0.2, -0.15) is 0 Å². The number of aryl methyl sites for hydroxylation is 1. The molecular weight excluding hydrogens is 378 g/mol. The lowest BCUT2D eigenvalue weighted by molar-refractivity contribution is -0.137. The Hall–Kier alpha value is -2.71. The van der Waals surface area contributed by atoms with Crippen molar-refractivity contribution < 1.29 is 18.3 Å². The predicted octanol–water partition coefficient (Wildman–Crippen LogP) is 2.35. The molecule has 0 radical (unpaired) electrons. The zero-order chi connectivity index (χ0) is 19.7. The van der Waals surface area contributed by atoms with Crippen LogP contribution >= 0.6 is 0 Å². The number of carboxylic acids is 1. The number of sulfonamides is 1. The van der Waals surface area contributed by atoms with Crippen LogP contribution in [0.25, 0.3) is 10.9 Å². The van der Waals surface area contributed by atoms with Gasteiger partial charge in [0.2, 0.25) is 0 Å². The van der Waals surface area contributed by atoms with E-state index in [9.17, 15) is 13.2 Å². The molecule has 1 aliphatic carbocycles. The first-order valence-corrected chi connectivity index (χ1v) is 10.7. The number of carbonyl (C=O) groups is 1. The topological polar surface area (TPSA) is 101 Å². The van der Waals surface area contributed by atoms with Gasteiger partial charge in [-0.1, -0.05) is 24.3 Å². The fourth-order valence-electron chi connectivity index (χ4n) is 3.95. The summed E-state index contributed by atoms with van der Waals surface area (Å²) in [4.78, 5) is 15.0. The third kappa shape index (κ3) is 3.53. The van der Waals surface area contributed by atoms with Gasteiger partial charge in [0.15, 0.2) is 5.03 Å². The highest BCUT2D eigenvalue weighted by Gasteiger charge is 2.29. The predicted molar refractivity (Wildman–Crippen MR) is 105 cm³/mol. The van der Waals surface area contributed by atoms with Crippen LogP contribution in [0.2, 0.25) is 0 Å². The summed E-state index contributed by atoms with van der Waals surface area (Å²) in [5.41, 5.74) is 3.21. The highest BCUT2D eigenvalue weighted by Crippen LogP contribution is 2.33. The summed E-state index contributed by atoms with van der Waals surface area (Å²) >= 11 is 0. The number of nitrogens with one attached hydrogen (secondary N) is 1. The van der Waals surface area contributed by atoms with Crippen molar-refractivity contribution in [2.75, 3.05) is 0 Å². The van der Waals surface area contributed by atoms with E-state index in [4.69, 9.17) is 5.11 Å². The van der Waals surface area contributed by atoms with E-state index in [2.05, 4.69) is 14.3 Å². The number of para-hydroxylation sites is 1. The summed E-state index contributed by atoms with van der Waals surface area (Å²) in [5.74, 6) is -0.830. The van der Waals surface area contributed by atoms with E-state index in [1.165, 1.54) is 12.3 Å². The van der Waals surface area contributed by atoms with E-state index in [-0.39, 0.29) is 17.5 Å². The molecule has 1 atom stereocenters. The number of hydrogen-bond acceptors (Lipinski definition) is 4. The molecule has 0 amide bonds. The molecular formula is C20H21N3O4S. The quantitative estimate of drug-likeness (QED) is 0.663. The zero-order valence-corrected chi connectivity index (χ0v) is 16.0. The second kappa shape index (κ2) is 7.37. The number of rotatable bonds is 6. The number of aromatic nitrogens is 2. The van der Waals surface area contributed by atoms with Crippen LogP contribution in [0.5, 0.6) is 0 Å². The fraction of sp³-hybridized carbons (Fsp3) is 0.300. The number of hydrogen-bond donors (Lipinski definition) is 2. The van der Waals surface area contributed by atoms with Gasteiger partial charge in [0, 0.05) is 35.4 Å². The van der Waals surface area contributed by atoms with E-state index in [0.29, 0.717) is 25.8 Å². The molecule has 7 nitrogen and oxygen atoms in total. The van der Waals surface area contributed by atoms with Gasteiger partial charge < -0.3 is 9.67 Å². The van der Waals surface area contributed by atoms with Crippen LogP contribution in [-0.2, 0) is 34.2 Å². The molecule has 0 saturated heterocycles. The van der Waals surface area contributed by atoms with E-state index >= 15 is 0 Å². The molecule has 0 spiro atoms. The molecule has 28 heavy (non-hydrogen) atoms. The number of carboxylic acid groups (broad SMARTS) is 1. The normalized spacial score (nSPS) is 16.8. The minimum atomic E-state index is -3.68. The van der Waals surface area contributed by atoms with Crippen LogP contribution in [0.15, 0.2) is 53.7 Å². The third-order valence-electron chi connectivity index (χ3n) is 5.16. The first kappa shape index (κ1) is 18.6. The average molecular weight is 399 g/mol. The zero-order valence-electron chi connectivity index (χ0n) is 15.2. The van der Waals surface area contributed by atoms with Gasteiger partial charge >= 0.3 is 5.97 Å². The van der Waals surface area contributed by atoms with E-state index in [1.807, 2.05) is 24.3 Å². The van der Waals surface area contributed by atoms with E-state index < -0.39 is 16.0 Å². The largest absolute Gasteiger partial charge is 0.481 e. The monoisotopic (exact) mass is 399 g/mol. The van der Waals surface area contributed by atoms with Crippen LogP contribution in [-0.4, -0.2) is 35.1 Å². The Morgan fingerprint density at radius 1 is 1.21 bits per heavy atom. The van der Waals surface area contributed by atoms with Crippen LogP contribution < -0.4 is 4.72 Å². The highest BCUT2D eigenvalue weighted by molar-refractivity contribution is 7.89. The Labute approximate surface area is 163 Å². The standard InChI is InChI=1S/C20H21N3O4S/c24-20(25)10-12-23-17-6-2-1-5-15(17)16-13-14(8-9-18(16)23)22-28(26,27)19-7-3-4-11-21-19/h1-7,11,14,22H,8-10,12-13H2,(H,24,25). The average Bonchev–Trinajstić information content (AvgIpc) is 3.00. The summed E-state index contributed by atoms with van der Waals surface area (Å²) in [7, 11) is -3.68. The second-order valence-corrected chi connectivity index (χ2v) is 8.63. The van der Waals surface area contributed by atoms with Gasteiger partial charge in [-0.25, -0.2) is 18.1 Å². The minimum Gasteiger partial charge on any atom is -0.481 e. The van der Waals surface area contributed by atoms with Crippen molar-refractivity contribution in [2.24, 2.45) is 0 Å². The van der Waals surface area contributed by atoms with Crippen molar-refractivity contribution in [3.8, 4) is 0 Å². The molecule has 1 aliphatic rings. The summed E-state index contributed by atoms with van der Waals surface area (Å²) in [6.07, 6.45) is 3.44. The molecule has 8 heteroatoms. The molecule has 0 fully saturated rings. The molecule has 3 aromatic rings. The Balaban J connectivity index is 1.64. The Kier molecular flexibility index (Phi) is 4.91. The maximum atomic E-state index is 12.6. The highest BCUT2D eigenvalue weighted by atomic mass is 32.2. The lowest BCUT2D eigenvalue weighted by atomic mass is 9.92. The molecule has 2 aromatic heterocycles. The van der Waals surface area contributed by atoms with Crippen molar-refractivity contribution >= 4 is 26.9 Å². The smallest absolute Gasteiger partial charge is 0.305 e. The SMILES string of the molecule is O=C(O)CCn1c2c(c3ccccc31)CC(NS(=O)(=O)c1ccccn1)CC2. The summed E-state index contributed by atoms with van der Waals surface area (Å²) < 4.78 is 30.1. The van der Waals surface area contributed by atoms with Gasteiger partial charge in [-0.3, -0.25) is 4.79 Å². The molecule has 0 saturated carbocycles. The van der Waals surface area contributed by atoms with Gasteiger partial charge in [0.05, 0.1) is 6.42 Å². The minimum absolute atomic E-state index is 0.0182. The molecule has 0 aliphatic heterocycles.